The first-order valence-electron chi connectivity index (χ1n) is 9.49. The Morgan fingerprint density at radius 1 is 1.17 bits per heavy atom. The molecule has 158 valence electrons. The zero-order chi connectivity index (χ0) is 20.9. The second kappa shape index (κ2) is 9.36. The molecule has 9 nitrogen and oxygen atoms in total. The number of hydrogen-bond acceptors (Lipinski definition) is 8. The summed E-state index contributed by atoms with van der Waals surface area (Å²) in [5.41, 5.74) is 0.817. The number of hydrogen-bond donors (Lipinski definition) is 0. The second-order valence-corrected chi connectivity index (χ2v) is 9.35. The van der Waals surface area contributed by atoms with Gasteiger partial charge in [-0.1, -0.05) is 5.16 Å². The summed E-state index contributed by atoms with van der Waals surface area (Å²) in [6.45, 7) is 3.08. The summed E-state index contributed by atoms with van der Waals surface area (Å²) in [6.07, 6.45) is 1.92. The van der Waals surface area contributed by atoms with Gasteiger partial charge in [-0.15, -0.1) is 0 Å². The van der Waals surface area contributed by atoms with E-state index in [1.165, 1.54) is 6.26 Å². The van der Waals surface area contributed by atoms with Crippen molar-refractivity contribution in [3.8, 4) is 17.1 Å². The third kappa shape index (κ3) is 6.26. The Hall–Kier alpha value is -2.46. The number of amides is 1. The van der Waals surface area contributed by atoms with Crippen LogP contribution in [0.25, 0.3) is 11.4 Å². The molecule has 1 amide bonds. The summed E-state index contributed by atoms with van der Waals surface area (Å²) >= 11 is 0. The molecule has 1 aromatic carbocycles. The van der Waals surface area contributed by atoms with Crippen LogP contribution in [0.1, 0.15) is 12.3 Å². The lowest BCUT2D eigenvalue weighted by Crippen LogP contribution is -2.49. The first-order valence-corrected chi connectivity index (χ1v) is 11.5. The van der Waals surface area contributed by atoms with E-state index in [4.69, 9.17) is 9.26 Å². The fourth-order valence-corrected chi connectivity index (χ4v) is 3.69. The topological polar surface area (TPSA) is 106 Å². The molecule has 0 unspecified atom stereocenters. The highest BCUT2D eigenvalue weighted by atomic mass is 32.2. The van der Waals surface area contributed by atoms with Crippen LogP contribution in [0.5, 0.6) is 5.75 Å². The minimum Gasteiger partial charge on any atom is -0.497 e. The van der Waals surface area contributed by atoms with Crippen LogP contribution in [0.3, 0.4) is 0 Å². The van der Waals surface area contributed by atoms with Crippen LogP contribution >= 0.6 is 0 Å². The van der Waals surface area contributed by atoms with Gasteiger partial charge in [0.2, 0.25) is 17.6 Å². The average molecular weight is 423 g/mol. The molecule has 1 saturated heterocycles. The maximum absolute atomic E-state index is 12.5. The Kier molecular flexibility index (Phi) is 6.86. The molecule has 1 aromatic heterocycles. The van der Waals surface area contributed by atoms with E-state index >= 15 is 0 Å². The maximum Gasteiger partial charge on any atom is 0.227 e. The van der Waals surface area contributed by atoms with E-state index in [-0.39, 0.29) is 11.7 Å². The Morgan fingerprint density at radius 2 is 1.86 bits per heavy atom. The van der Waals surface area contributed by atoms with Crippen molar-refractivity contribution in [2.24, 2.45) is 0 Å². The standard InChI is InChI=1S/C19H26N4O5S/c1-27-16-5-3-15(4-6-16)19-20-17(28-21-19)7-8-18(24)23-11-9-22(10-12-23)13-14-29(2,25)26/h3-6H,7-14H2,1-2H3. The molecule has 1 fully saturated rings. The zero-order valence-electron chi connectivity index (χ0n) is 16.7. The van der Waals surface area contributed by atoms with Crippen LogP contribution < -0.4 is 4.74 Å². The van der Waals surface area contributed by atoms with Gasteiger partial charge < -0.3 is 14.2 Å². The average Bonchev–Trinajstić information content (AvgIpc) is 3.19. The Bertz CT molecular complexity index is 918. The molecule has 10 heteroatoms. The number of rotatable bonds is 8. The van der Waals surface area contributed by atoms with E-state index < -0.39 is 9.84 Å². The quantitative estimate of drug-likeness (QED) is 0.617. The second-order valence-electron chi connectivity index (χ2n) is 7.09. The van der Waals surface area contributed by atoms with Crippen LogP contribution in [0.4, 0.5) is 0 Å². The SMILES string of the molecule is COc1ccc(-c2noc(CCC(=O)N3CCN(CCS(C)(=O)=O)CC3)n2)cc1. The van der Waals surface area contributed by atoms with E-state index in [2.05, 4.69) is 15.0 Å². The van der Waals surface area contributed by atoms with Crippen LogP contribution in [-0.2, 0) is 21.1 Å². The largest absolute Gasteiger partial charge is 0.497 e. The molecular formula is C19H26N4O5S. The first-order chi connectivity index (χ1) is 13.8. The third-order valence-corrected chi connectivity index (χ3v) is 5.80. The van der Waals surface area contributed by atoms with E-state index in [1.54, 1.807) is 12.0 Å². The number of piperazine rings is 1. The van der Waals surface area contributed by atoms with Crippen molar-refractivity contribution in [3.63, 3.8) is 0 Å². The lowest BCUT2D eigenvalue weighted by atomic mass is 10.2. The maximum atomic E-state index is 12.5. The molecule has 0 bridgehead atoms. The molecule has 2 aromatic rings. The molecule has 0 aliphatic carbocycles. The van der Waals surface area contributed by atoms with Crippen molar-refractivity contribution >= 4 is 15.7 Å². The molecule has 1 aliphatic rings. The summed E-state index contributed by atoms with van der Waals surface area (Å²) in [5.74, 6) is 1.84. The number of aryl methyl sites for hydroxylation is 1. The number of sulfone groups is 1. The number of carbonyl (C=O) groups is 1. The summed E-state index contributed by atoms with van der Waals surface area (Å²) in [6, 6.07) is 7.35. The molecule has 0 N–H and O–H groups in total. The predicted octanol–water partition coefficient (Wildman–Crippen LogP) is 0.867. The smallest absolute Gasteiger partial charge is 0.227 e. The summed E-state index contributed by atoms with van der Waals surface area (Å²) < 4.78 is 32.9. The fraction of sp³-hybridized carbons (Fsp3) is 0.526. The monoisotopic (exact) mass is 422 g/mol. The van der Waals surface area contributed by atoms with Gasteiger partial charge in [-0.05, 0) is 24.3 Å². The summed E-state index contributed by atoms with van der Waals surface area (Å²) in [7, 11) is -1.36. The number of benzene rings is 1. The van der Waals surface area contributed by atoms with Crippen molar-refractivity contribution in [2.75, 3.05) is 51.8 Å². The molecular weight excluding hydrogens is 396 g/mol. The van der Waals surface area contributed by atoms with Gasteiger partial charge in [0.1, 0.15) is 15.6 Å². The first kappa shape index (κ1) is 21.3. The Morgan fingerprint density at radius 3 is 2.48 bits per heavy atom. The molecule has 0 atom stereocenters. The Balaban J connectivity index is 1.45. The van der Waals surface area contributed by atoms with Crippen LogP contribution in [-0.4, -0.2) is 86.1 Å². The minimum atomic E-state index is -2.97. The van der Waals surface area contributed by atoms with Gasteiger partial charge in [0, 0.05) is 57.4 Å². The van der Waals surface area contributed by atoms with Crippen LogP contribution in [0, 0.1) is 0 Å². The predicted molar refractivity (Wildman–Crippen MR) is 107 cm³/mol. The van der Waals surface area contributed by atoms with E-state index in [0.717, 1.165) is 11.3 Å². The van der Waals surface area contributed by atoms with Gasteiger partial charge in [-0.3, -0.25) is 9.69 Å². The highest BCUT2D eigenvalue weighted by molar-refractivity contribution is 7.90. The molecule has 29 heavy (non-hydrogen) atoms. The molecule has 1 aliphatic heterocycles. The van der Waals surface area contributed by atoms with Crippen molar-refractivity contribution in [1.82, 2.24) is 19.9 Å². The van der Waals surface area contributed by atoms with Crippen molar-refractivity contribution in [1.29, 1.82) is 0 Å². The lowest BCUT2D eigenvalue weighted by Gasteiger charge is -2.34. The molecule has 0 radical (unpaired) electrons. The van der Waals surface area contributed by atoms with Crippen molar-refractivity contribution < 1.29 is 22.5 Å². The van der Waals surface area contributed by atoms with Gasteiger partial charge in [0.25, 0.3) is 0 Å². The molecule has 0 spiro atoms. The summed E-state index contributed by atoms with van der Waals surface area (Å²) in [4.78, 5) is 20.7. The number of ether oxygens (including phenoxy) is 1. The molecule has 0 saturated carbocycles. The highest BCUT2D eigenvalue weighted by Crippen LogP contribution is 2.20. The normalized spacial score (nSPS) is 15.4. The highest BCUT2D eigenvalue weighted by Gasteiger charge is 2.22. The fourth-order valence-electron chi connectivity index (χ4n) is 3.10. The van der Waals surface area contributed by atoms with Gasteiger partial charge in [0.05, 0.1) is 12.9 Å². The third-order valence-electron chi connectivity index (χ3n) is 4.87. The van der Waals surface area contributed by atoms with Gasteiger partial charge >= 0.3 is 0 Å². The van der Waals surface area contributed by atoms with Crippen molar-refractivity contribution in [3.05, 3.63) is 30.2 Å². The van der Waals surface area contributed by atoms with Gasteiger partial charge in [-0.2, -0.15) is 4.98 Å². The molecule has 2 heterocycles. The van der Waals surface area contributed by atoms with Gasteiger partial charge in [0.15, 0.2) is 0 Å². The van der Waals surface area contributed by atoms with Gasteiger partial charge in [-0.25, -0.2) is 8.42 Å². The zero-order valence-corrected chi connectivity index (χ0v) is 17.5. The van der Waals surface area contributed by atoms with E-state index in [9.17, 15) is 13.2 Å². The Labute approximate surface area is 170 Å². The lowest BCUT2D eigenvalue weighted by molar-refractivity contribution is -0.132. The number of nitrogens with zero attached hydrogens (tertiary/aromatic N) is 4. The van der Waals surface area contributed by atoms with Crippen LogP contribution in [0.2, 0.25) is 0 Å². The molecule has 3 rings (SSSR count). The van der Waals surface area contributed by atoms with E-state index in [0.29, 0.717) is 57.3 Å². The number of methoxy groups -OCH3 is 1. The number of carbonyl (C=O) groups excluding carboxylic acids is 1. The number of aromatic nitrogens is 2. The van der Waals surface area contributed by atoms with E-state index in [1.807, 2.05) is 24.3 Å². The van der Waals surface area contributed by atoms with Crippen molar-refractivity contribution in [2.45, 2.75) is 12.8 Å². The summed E-state index contributed by atoms with van der Waals surface area (Å²) in [5, 5.41) is 3.97. The van der Waals surface area contributed by atoms with Crippen LogP contribution in [0.15, 0.2) is 28.8 Å². The minimum absolute atomic E-state index is 0.0389.